The van der Waals surface area contributed by atoms with Crippen molar-refractivity contribution < 1.29 is 4.39 Å². The minimum absolute atomic E-state index is 0.183. The molecule has 0 unspecified atom stereocenters. The van der Waals surface area contributed by atoms with Gasteiger partial charge in [-0.15, -0.1) is 0 Å². The van der Waals surface area contributed by atoms with Crippen molar-refractivity contribution in [2.75, 3.05) is 0 Å². The fourth-order valence-corrected chi connectivity index (χ4v) is 1.26. The molecule has 0 aliphatic heterocycles. The largest absolute Gasteiger partial charge is 0.217 e. The van der Waals surface area contributed by atoms with Crippen LogP contribution in [0, 0.1) is 5.95 Å². The maximum absolute atomic E-state index is 13.2. The van der Waals surface area contributed by atoms with Crippen LogP contribution in [-0.4, -0.2) is 4.98 Å². The van der Waals surface area contributed by atoms with E-state index >= 15 is 0 Å². The van der Waals surface area contributed by atoms with Gasteiger partial charge < -0.3 is 0 Å². The standard InChI is InChI=1S/C9H11BrFN/c1-9(2,3)6-4-5-7(10)12-8(6)11/h4-5H,1-3H3. The molecule has 1 aromatic rings. The van der Waals surface area contributed by atoms with E-state index < -0.39 is 5.95 Å². The van der Waals surface area contributed by atoms with Crippen molar-refractivity contribution in [3.8, 4) is 0 Å². The maximum Gasteiger partial charge on any atom is 0.217 e. The van der Waals surface area contributed by atoms with Crippen LogP contribution >= 0.6 is 15.9 Å². The summed E-state index contributed by atoms with van der Waals surface area (Å²) in [4.78, 5) is 3.69. The summed E-state index contributed by atoms with van der Waals surface area (Å²) in [5.41, 5.74) is 0.461. The molecule has 0 N–H and O–H groups in total. The fraction of sp³-hybridized carbons (Fsp3) is 0.444. The highest BCUT2D eigenvalue weighted by Gasteiger charge is 2.18. The Morgan fingerprint density at radius 1 is 1.33 bits per heavy atom. The summed E-state index contributed by atoms with van der Waals surface area (Å²) in [6.07, 6.45) is 0. The zero-order valence-corrected chi connectivity index (χ0v) is 8.94. The topological polar surface area (TPSA) is 12.9 Å². The molecule has 66 valence electrons. The summed E-state index contributed by atoms with van der Waals surface area (Å²) < 4.78 is 13.7. The number of rotatable bonds is 0. The van der Waals surface area contributed by atoms with Crippen LogP contribution in [0.15, 0.2) is 16.7 Å². The highest BCUT2D eigenvalue weighted by molar-refractivity contribution is 9.10. The van der Waals surface area contributed by atoms with Gasteiger partial charge in [-0.05, 0) is 27.4 Å². The van der Waals surface area contributed by atoms with Crippen molar-refractivity contribution in [2.24, 2.45) is 0 Å². The van der Waals surface area contributed by atoms with E-state index in [2.05, 4.69) is 20.9 Å². The summed E-state index contributed by atoms with van der Waals surface area (Å²) in [7, 11) is 0. The van der Waals surface area contributed by atoms with Crippen LogP contribution in [0.2, 0.25) is 0 Å². The van der Waals surface area contributed by atoms with Crippen LogP contribution in [0.25, 0.3) is 0 Å². The molecule has 12 heavy (non-hydrogen) atoms. The first-order chi connectivity index (χ1) is 5.41. The number of nitrogens with zero attached hydrogens (tertiary/aromatic N) is 1. The lowest BCUT2D eigenvalue weighted by Crippen LogP contribution is -2.14. The molecule has 3 heteroatoms. The molecule has 0 aliphatic rings. The van der Waals surface area contributed by atoms with Crippen LogP contribution in [0.4, 0.5) is 4.39 Å². The fourth-order valence-electron chi connectivity index (χ4n) is 0.972. The molecular formula is C9H11BrFN. The van der Waals surface area contributed by atoms with E-state index in [-0.39, 0.29) is 5.41 Å². The van der Waals surface area contributed by atoms with Crippen molar-refractivity contribution >= 4 is 15.9 Å². The second kappa shape index (κ2) is 3.13. The zero-order chi connectivity index (χ0) is 9.35. The third-order valence-electron chi connectivity index (χ3n) is 1.62. The predicted octanol–water partition coefficient (Wildman–Crippen LogP) is 3.28. The van der Waals surface area contributed by atoms with E-state index in [1.807, 2.05) is 20.8 Å². The van der Waals surface area contributed by atoms with E-state index in [1.54, 1.807) is 12.1 Å². The van der Waals surface area contributed by atoms with Gasteiger partial charge in [0.25, 0.3) is 0 Å². The Hall–Kier alpha value is -0.440. The van der Waals surface area contributed by atoms with Gasteiger partial charge in [0.15, 0.2) is 0 Å². The Bertz CT molecular complexity index is 291. The quantitative estimate of drug-likeness (QED) is 0.625. The van der Waals surface area contributed by atoms with Crippen LogP contribution in [0.5, 0.6) is 0 Å². The number of aromatic nitrogens is 1. The smallest absolute Gasteiger partial charge is 0.212 e. The minimum Gasteiger partial charge on any atom is -0.212 e. The lowest BCUT2D eigenvalue weighted by molar-refractivity contribution is 0.497. The lowest BCUT2D eigenvalue weighted by atomic mass is 9.88. The molecule has 1 aromatic heterocycles. The summed E-state index contributed by atoms with van der Waals surface area (Å²) in [6.45, 7) is 5.88. The molecule has 0 saturated carbocycles. The molecule has 0 radical (unpaired) electrons. The minimum atomic E-state index is -0.392. The third kappa shape index (κ3) is 2.03. The summed E-state index contributed by atoms with van der Waals surface area (Å²) >= 11 is 3.11. The molecule has 0 amide bonds. The highest BCUT2D eigenvalue weighted by atomic mass is 79.9. The van der Waals surface area contributed by atoms with Gasteiger partial charge in [0, 0.05) is 5.56 Å². The average molecular weight is 232 g/mol. The second-order valence-corrected chi connectivity index (χ2v) is 4.53. The first-order valence-electron chi connectivity index (χ1n) is 3.74. The van der Waals surface area contributed by atoms with E-state index in [1.165, 1.54) is 0 Å². The van der Waals surface area contributed by atoms with Crippen molar-refractivity contribution in [1.82, 2.24) is 4.98 Å². The van der Waals surface area contributed by atoms with Crippen LogP contribution in [-0.2, 0) is 5.41 Å². The summed E-state index contributed by atoms with van der Waals surface area (Å²) in [6, 6.07) is 3.51. The van der Waals surface area contributed by atoms with Gasteiger partial charge in [-0.2, -0.15) is 4.39 Å². The van der Waals surface area contributed by atoms with Crippen molar-refractivity contribution in [2.45, 2.75) is 26.2 Å². The van der Waals surface area contributed by atoms with E-state index in [0.29, 0.717) is 10.2 Å². The molecule has 0 saturated heterocycles. The Kier molecular flexibility index (Phi) is 2.52. The van der Waals surface area contributed by atoms with E-state index in [0.717, 1.165) is 0 Å². The van der Waals surface area contributed by atoms with Crippen molar-refractivity contribution in [3.63, 3.8) is 0 Å². The van der Waals surface area contributed by atoms with E-state index in [9.17, 15) is 4.39 Å². The molecule has 0 bridgehead atoms. The van der Waals surface area contributed by atoms with Gasteiger partial charge in [-0.1, -0.05) is 26.8 Å². The third-order valence-corrected chi connectivity index (χ3v) is 2.06. The Balaban J connectivity index is 3.19. The Labute approximate surface area is 80.1 Å². The molecule has 0 spiro atoms. The molecule has 1 heterocycles. The molecule has 1 rings (SSSR count). The molecule has 0 aliphatic carbocycles. The van der Waals surface area contributed by atoms with Crippen molar-refractivity contribution in [1.29, 1.82) is 0 Å². The Morgan fingerprint density at radius 3 is 2.33 bits per heavy atom. The summed E-state index contributed by atoms with van der Waals surface area (Å²) in [5, 5.41) is 0. The van der Waals surface area contributed by atoms with Crippen LogP contribution in [0.1, 0.15) is 26.3 Å². The first-order valence-corrected chi connectivity index (χ1v) is 4.53. The van der Waals surface area contributed by atoms with Gasteiger partial charge in [-0.25, -0.2) is 4.98 Å². The lowest BCUT2D eigenvalue weighted by Gasteiger charge is -2.18. The van der Waals surface area contributed by atoms with Crippen LogP contribution in [0.3, 0.4) is 0 Å². The monoisotopic (exact) mass is 231 g/mol. The zero-order valence-electron chi connectivity index (χ0n) is 7.36. The molecule has 1 nitrogen and oxygen atoms in total. The SMILES string of the molecule is CC(C)(C)c1ccc(Br)nc1F. The Morgan fingerprint density at radius 2 is 1.92 bits per heavy atom. The predicted molar refractivity (Wildman–Crippen MR) is 50.6 cm³/mol. The van der Waals surface area contributed by atoms with Gasteiger partial charge in [0.1, 0.15) is 4.60 Å². The van der Waals surface area contributed by atoms with Gasteiger partial charge in [0.2, 0.25) is 5.95 Å². The molecule has 0 aromatic carbocycles. The van der Waals surface area contributed by atoms with E-state index in [4.69, 9.17) is 0 Å². The second-order valence-electron chi connectivity index (χ2n) is 3.72. The van der Waals surface area contributed by atoms with Crippen LogP contribution < -0.4 is 0 Å². The van der Waals surface area contributed by atoms with Gasteiger partial charge in [0.05, 0.1) is 0 Å². The van der Waals surface area contributed by atoms with Gasteiger partial charge >= 0.3 is 0 Å². The molecular weight excluding hydrogens is 221 g/mol. The molecule has 0 atom stereocenters. The summed E-state index contributed by atoms with van der Waals surface area (Å²) in [5.74, 6) is -0.392. The molecule has 0 fully saturated rings. The number of pyridine rings is 1. The van der Waals surface area contributed by atoms with Crippen molar-refractivity contribution in [3.05, 3.63) is 28.2 Å². The number of hydrogen-bond acceptors (Lipinski definition) is 1. The number of halogens is 2. The first kappa shape index (κ1) is 9.65. The average Bonchev–Trinajstić information content (AvgIpc) is 1.83. The highest BCUT2D eigenvalue weighted by Crippen LogP contribution is 2.24. The normalized spacial score (nSPS) is 11.8. The van der Waals surface area contributed by atoms with Gasteiger partial charge in [-0.3, -0.25) is 0 Å². The maximum atomic E-state index is 13.2. The number of hydrogen-bond donors (Lipinski definition) is 0.